The van der Waals surface area contributed by atoms with E-state index in [2.05, 4.69) is 55.7 Å². The highest BCUT2D eigenvalue weighted by molar-refractivity contribution is 7.09. The van der Waals surface area contributed by atoms with Gasteiger partial charge in [-0.3, -0.25) is 4.90 Å². The van der Waals surface area contributed by atoms with Crippen LogP contribution in [0.25, 0.3) is 0 Å². The van der Waals surface area contributed by atoms with Gasteiger partial charge in [0.05, 0.1) is 6.54 Å². The van der Waals surface area contributed by atoms with Gasteiger partial charge in [0.15, 0.2) is 0 Å². The third-order valence-electron chi connectivity index (χ3n) is 4.72. The molecule has 2 heterocycles. The molecule has 7 heteroatoms. The van der Waals surface area contributed by atoms with Crippen LogP contribution in [0.3, 0.4) is 0 Å². The number of aromatic nitrogens is 1. The molecule has 2 N–H and O–H groups in total. The molecule has 1 aliphatic rings. The van der Waals surface area contributed by atoms with Crippen molar-refractivity contribution in [2.75, 3.05) is 39.3 Å². The zero-order valence-electron chi connectivity index (χ0n) is 16.0. The lowest BCUT2D eigenvalue weighted by Gasteiger charge is -2.34. The van der Waals surface area contributed by atoms with Crippen molar-refractivity contribution in [3.63, 3.8) is 0 Å². The standard InChI is InChI=1S/C20H29N5OS/c1-17-16-27-19(23-17)14-22-20(26)21-8-5-9-24-10-12-25(13-11-24)15-18-6-3-2-4-7-18/h2-4,6-7,16H,5,8-15H2,1H3,(H2,21,22,26). The Labute approximate surface area is 165 Å². The predicted octanol–water partition coefficient (Wildman–Crippen LogP) is 2.46. The predicted molar refractivity (Wildman–Crippen MR) is 110 cm³/mol. The maximum absolute atomic E-state index is 11.8. The zero-order valence-corrected chi connectivity index (χ0v) is 16.8. The summed E-state index contributed by atoms with van der Waals surface area (Å²) in [4.78, 5) is 21.2. The van der Waals surface area contributed by atoms with Crippen LogP contribution in [0.5, 0.6) is 0 Å². The Morgan fingerprint density at radius 1 is 1.11 bits per heavy atom. The Kier molecular flexibility index (Phi) is 7.62. The fraction of sp³-hybridized carbons (Fsp3) is 0.500. The molecule has 0 atom stereocenters. The second-order valence-electron chi connectivity index (χ2n) is 6.95. The summed E-state index contributed by atoms with van der Waals surface area (Å²) in [5, 5.41) is 8.72. The van der Waals surface area contributed by atoms with Gasteiger partial charge >= 0.3 is 6.03 Å². The molecule has 1 aromatic carbocycles. The molecule has 2 amide bonds. The highest BCUT2D eigenvalue weighted by Crippen LogP contribution is 2.09. The number of hydrogen-bond acceptors (Lipinski definition) is 5. The fourth-order valence-electron chi connectivity index (χ4n) is 3.22. The van der Waals surface area contributed by atoms with Crippen molar-refractivity contribution >= 4 is 17.4 Å². The van der Waals surface area contributed by atoms with E-state index in [-0.39, 0.29) is 6.03 Å². The molecule has 1 fully saturated rings. The van der Waals surface area contributed by atoms with Crippen molar-refractivity contribution in [3.05, 3.63) is 52.0 Å². The molecule has 2 aromatic rings. The van der Waals surface area contributed by atoms with Crippen LogP contribution in [-0.4, -0.2) is 60.1 Å². The SMILES string of the molecule is Cc1csc(CNC(=O)NCCCN2CCN(Cc3ccccc3)CC2)n1. The number of aryl methyl sites for hydroxylation is 1. The highest BCUT2D eigenvalue weighted by Gasteiger charge is 2.16. The summed E-state index contributed by atoms with van der Waals surface area (Å²) >= 11 is 1.57. The fourth-order valence-corrected chi connectivity index (χ4v) is 3.93. The molecule has 1 saturated heterocycles. The van der Waals surface area contributed by atoms with Crippen LogP contribution >= 0.6 is 11.3 Å². The Balaban J connectivity index is 1.23. The molecule has 0 spiro atoms. The number of benzene rings is 1. The summed E-state index contributed by atoms with van der Waals surface area (Å²) in [6.07, 6.45) is 0.975. The molecule has 0 bridgehead atoms. The number of carbonyl (C=O) groups is 1. The van der Waals surface area contributed by atoms with Crippen LogP contribution in [0.2, 0.25) is 0 Å². The lowest BCUT2D eigenvalue weighted by atomic mass is 10.2. The lowest BCUT2D eigenvalue weighted by molar-refractivity contribution is 0.126. The van der Waals surface area contributed by atoms with Gasteiger partial charge in [0.1, 0.15) is 5.01 Å². The van der Waals surface area contributed by atoms with E-state index >= 15 is 0 Å². The second kappa shape index (κ2) is 10.4. The average Bonchev–Trinajstić information content (AvgIpc) is 3.11. The van der Waals surface area contributed by atoms with Crippen LogP contribution in [0, 0.1) is 6.92 Å². The van der Waals surface area contributed by atoms with E-state index in [1.54, 1.807) is 11.3 Å². The molecule has 27 heavy (non-hydrogen) atoms. The maximum atomic E-state index is 11.8. The number of thiazole rings is 1. The number of nitrogens with one attached hydrogen (secondary N) is 2. The minimum Gasteiger partial charge on any atom is -0.338 e. The first-order valence-electron chi connectivity index (χ1n) is 9.60. The summed E-state index contributed by atoms with van der Waals surface area (Å²) in [6.45, 7) is 9.64. The highest BCUT2D eigenvalue weighted by atomic mass is 32.1. The Morgan fingerprint density at radius 2 is 1.85 bits per heavy atom. The van der Waals surface area contributed by atoms with Gasteiger partial charge in [0.2, 0.25) is 0 Å². The number of rotatable bonds is 8. The van der Waals surface area contributed by atoms with Crippen molar-refractivity contribution in [2.24, 2.45) is 0 Å². The van der Waals surface area contributed by atoms with Crippen LogP contribution in [0.1, 0.15) is 22.7 Å². The first-order valence-corrected chi connectivity index (χ1v) is 10.5. The van der Waals surface area contributed by atoms with Crippen molar-refractivity contribution in [3.8, 4) is 0 Å². The van der Waals surface area contributed by atoms with E-state index in [1.165, 1.54) is 5.56 Å². The van der Waals surface area contributed by atoms with Crippen LogP contribution in [-0.2, 0) is 13.1 Å². The van der Waals surface area contributed by atoms with Gasteiger partial charge in [-0.05, 0) is 25.5 Å². The van der Waals surface area contributed by atoms with Gasteiger partial charge in [-0.15, -0.1) is 11.3 Å². The molecule has 6 nitrogen and oxygen atoms in total. The Morgan fingerprint density at radius 3 is 2.56 bits per heavy atom. The lowest BCUT2D eigenvalue weighted by Crippen LogP contribution is -2.46. The van der Waals surface area contributed by atoms with E-state index in [0.29, 0.717) is 13.1 Å². The normalized spacial score (nSPS) is 15.6. The number of nitrogens with zero attached hydrogens (tertiary/aromatic N) is 3. The summed E-state index contributed by atoms with van der Waals surface area (Å²) < 4.78 is 0. The molecule has 0 saturated carbocycles. The van der Waals surface area contributed by atoms with Crippen LogP contribution in [0.4, 0.5) is 4.79 Å². The molecule has 0 radical (unpaired) electrons. The summed E-state index contributed by atoms with van der Waals surface area (Å²) in [5.74, 6) is 0. The van der Waals surface area contributed by atoms with Gasteiger partial charge < -0.3 is 15.5 Å². The average molecular weight is 388 g/mol. The summed E-state index contributed by atoms with van der Waals surface area (Å²) in [7, 11) is 0. The molecule has 0 unspecified atom stereocenters. The molecule has 1 aromatic heterocycles. The number of hydrogen-bond donors (Lipinski definition) is 2. The summed E-state index contributed by atoms with van der Waals surface area (Å²) in [6, 6.07) is 10.5. The van der Waals surface area contributed by atoms with Crippen LogP contribution in [0.15, 0.2) is 35.7 Å². The molecule has 146 valence electrons. The second-order valence-corrected chi connectivity index (χ2v) is 7.89. The minimum atomic E-state index is -0.115. The topological polar surface area (TPSA) is 60.5 Å². The minimum absolute atomic E-state index is 0.115. The number of piperazine rings is 1. The van der Waals surface area contributed by atoms with Crippen molar-refractivity contribution in [1.82, 2.24) is 25.4 Å². The van der Waals surface area contributed by atoms with Gasteiger partial charge in [-0.2, -0.15) is 0 Å². The summed E-state index contributed by atoms with van der Waals surface area (Å²) in [5.41, 5.74) is 2.38. The maximum Gasteiger partial charge on any atom is 0.315 e. The molecular weight excluding hydrogens is 358 g/mol. The van der Waals surface area contributed by atoms with E-state index in [0.717, 1.165) is 56.4 Å². The van der Waals surface area contributed by atoms with E-state index in [4.69, 9.17) is 0 Å². The number of carbonyl (C=O) groups excluding carboxylic acids is 1. The first-order chi connectivity index (χ1) is 13.2. The first kappa shape index (κ1) is 19.8. The largest absolute Gasteiger partial charge is 0.338 e. The van der Waals surface area contributed by atoms with Gasteiger partial charge in [-0.25, -0.2) is 9.78 Å². The van der Waals surface area contributed by atoms with E-state index in [1.807, 2.05) is 12.3 Å². The monoisotopic (exact) mass is 387 g/mol. The number of urea groups is 1. The van der Waals surface area contributed by atoms with Crippen molar-refractivity contribution in [1.29, 1.82) is 0 Å². The van der Waals surface area contributed by atoms with E-state index in [9.17, 15) is 4.79 Å². The molecule has 1 aliphatic heterocycles. The molecular formula is C20H29N5OS. The third kappa shape index (κ3) is 6.93. The Bertz CT molecular complexity index is 697. The zero-order chi connectivity index (χ0) is 18.9. The van der Waals surface area contributed by atoms with Gasteiger partial charge in [0, 0.05) is 50.3 Å². The Hall–Kier alpha value is -1.96. The van der Waals surface area contributed by atoms with Crippen LogP contribution < -0.4 is 10.6 Å². The van der Waals surface area contributed by atoms with Crippen molar-refractivity contribution in [2.45, 2.75) is 26.4 Å². The van der Waals surface area contributed by atoms with Gasteiger partial charge in [0.25, 0.3) is 0 Å². The number of amides is 2. The van der Waals surface area contributed by atoms with Gasteiger partial charge in [-0.1, -0.05) is 30.3 Å². The third-order valence-corrected chi connectivity index (χ3v) is 5.68. The van der Waals surface area contributed by atoms with Crippen molar-refractivity contribution < 1.29 is 4.79 Å². The molecule has 3 rings (SSSR count). The molecule has 0 aliphatic carbocycles. The quantitative estimate of drug-likeness (QED) is 0.683. The smallest absolute Gasteiger partial charge is 0.315 e. The van der Waals surface area contributed by atoms with E-state index < -0.39 is 0 Å².